The van der Waals surface area contributed by atoms with Crippen LogP contribution in [0.1, 0.15) is 23.0 Å². The number of carbonyl (C=O) groups is 2. The molecular weight excluding hydrogens is 390 g/mol. The number of esters is 1. The van der Waals surface area contributed by atoms with Crippen LogP contribution in [0.25, 0.3) is 11.0 Å². The van der Waals surface area contributed by atoms with Gasteiger partial charge in [0.2, 0.25) is 5.76 Å². The first-order valence-corrected chi connectivity index (χ1v) is 9.21. The molecule has 1 heterocycles. The normalized spacial score (nSPS) is 11.7. The number of furan rings is 1. The third kappa shape index (κ3) is 4.38. The number of methoxy groups -OCH3 is 3. The average molecular weight is 413 g/mol. The highest BCUT2D eigenvalue weighted by atomic mass is 16.6. The highest BCUT2D eigenvalue weighted by Gasteiger charge is 2.26. The summed E-state index contributed by atoms with van der Waals surface area (Å²) in [4.78, 5) is 25.2. The Morgan fingerprint density at radius 2 is 1.77 bits per heavy atom. The maximum absolute atomic E-state index is 12.7. The van der Waals surface area contributed by atoms with Gasteiger partial charge < -0.3 is 28.7 Å². The lowest BCUT2D eigenvalue weighted by Gasteiger charge is -2.14. The molecule has 158 valence electrons. The summed E-state index contributed by atoms with van der Waals surface area (Å²) < 4.78 is 26.6. The first-order chi connectivity index (χ1) is 14.5. The molecule has 1 N–H and O–H groups in total. The predicted octanol–water partition coefficient (Wildman–Crippen LogP) is 3.78. The minimum atomic E-state index is -1.06. The van der Waals surface area contributed by atoms with Gasteiger partial charge in [0.1, 0.15) is 5.58 Å². The number of para-hydroxylation sites is 1. The van der Waals surface area contributed by atoms with E-state index in [0.29, 0.717) is 28.3 Å². The van der Waals surface area contributed by atoms with Crippen molar-refractivity contribution >= 4 is 28.5 Å². The lowest BCUT2D eigenvalue weighted by Crippen LogP contribution is -2.30. The molecule has 3 rings (SSSR count). The second-order valence-electron chi connectivity index (χ2n) is 6.45. The molecule has 2 aromatic carbocycles. The Bertz CT molecular complexity index is 1060. The molecule has 0 aliphatic rings. The van der Waals surface area contributed by atoms with Crippen molar-refractivity contribution in [3.8, 4) is 11.5 Å². The number of rotatable bonds is 8. The van der Waals surface area contributed by atoms with Crippen LogP contribution in [-0.2, 0) is 20.9 Å². The van der Waals surface area contributed by atoms with Gasteiger partial charge >= 0.3 is 5.97 Å². The predicted molar refractivity (Wildman–Crippen MR) is 110 cm³/mol. The lowest BCUT2D eigenvalue weighted by atomic mass is 10.1. The van der Waals surface area contributed by atoms with Crippen molar-refractivity contribution in [2.24, 2.45) is 0 Å². The summed E-state index contributed by atoms with van der Waals surface area (Å²) in [6, 6.07) is 12.2. The number of anilines is 1. The molecule has 0 bridgehead atoms. The van der Waals surface area contributed by atoms with E-state index in [1.165, 1.54) is 28.3 Å². The van der Waals surface area contributed by atoms with Crippen molar-refractivity contribution < 1.29 is 33.0 Å². The van der Waals surface area contributed by atoms with Crippen LogP contribution in [0.15, 0.2) is 46.9 Å². The summed E-state index contributed by atoms with van der Waals surface area (Å²) in [6.45, 7) is 1.65. The molecule has 1 aromatic heterocycles. The molecule has 3 aromatic rings. The summed E-state index contributed by atoms with van der Waals surface area (Å²) in [5.41, 5.74) is 1.59. The van der Waals surface area contributed by atoms with E-state index >= 15 is 0 Å². The van der Waals surface area contributed by atoms with Crippen LogP contribution < -0.4 is 14.8 Å². The van der Waals surface area contributed by atoms with Crippen LogP contribution in [0.2, 0.25) is 0 Å². The van der Waals surface area contributed by atoms with E-state index in [4.69, 9.17) is 23.4 Å². The fourth-order valence-electron chi connectivity index (χ4n) is 2.98. The van der Waals surface area contributed by atoms with Crippen LogP contribution >= 0.6 is 0 Å². The minimum Gasteiger partial charge on any atom is -0.493 e. The van der Waals surface area contributed by atoms with Crippen LogP contribution in [0, 0.1) is 0 Å². The second kappa shape index (κ2) is 9.32. The number of ether oxygens (including phenoxy) is 4. The summed E-state index contributed by atoms with van der Waals surface area (Å²) in [7, 11) is 4.54. The second-order valence-corrected chi connectivity index (χ2v) is 6.45. The fourth-order valence-corrected chi connectivity index (χ4v) is 2.98. The van der Waals surface area contributed by atoms with E-state index in [2.05, 4.69) is 5.32 Å². The van der Waals surface area contributed by atoms with Crippen molar-refractivity contribution in [1.82, 2.24) is 0 Å². The first kappa shape index (κ1) is 21.2. The number of amides is 1. The van der Waals surface area contributed by atoms with Gasteiger partial charge in [0, 0.05) is 29.8 Å². The average Bonchev–Trinajstić information content (AvgIpc) is 3.12. The Labute approximate surface area is 173 Å². The van der Waals surface area contributed by atoms with Gasteiger partial charge in [-0.05, 0) is 25.1 Å². The Morgan fingerprint density at radius 1 is 1.03 bits per heavy atom. The number of benzene rings is 2. The van der Waals surface area contributed by atoms with Crippen LogP contribution in [0.3, 0.4) is 0 Å². The Morgan fingerprint density at radius 3 is 2.47 bits per heavy atom. The molecular formula is C22H23NO7. The molecule has 30 heavy (non-hydrogen) atoms. The lowest BCUT2D eigenvalue weighted by molar-refractivity contribution is -0.123. The first-order valence-electron chi connectivity index (χ1n) is 9.21. The van der Waals surface area contributed by atoms with Gasteiger partial charge in [-0.2, -0.15) is 0 Å². The highest BCUT2D eigenvalue weighted by Crippen LogP contribution is 2.30. The van der Waals surface area contributed by atoms with Gasteiger partial charge in [0.25, 0.3) is 5.91 Å². The van der Waals surface area contributed by atoms with E-state index in [1.807, 2.05) is 12.1 Å². The zero-order valence-electron chi connectivity index (χ0n) is 17.2. The molecule has 0 spiro atoms. The maximum atomic E-state index is 12.7. The molecule has 8 nitrogen and oxygen atoms in total. The SMILES string of the molecule is COCc1c(C(=O)O[C@@H](C)C(=O)Nc2ccc(OC)c(OC)c2)oc2ccccc12. The third-order valence-corrected chi connectivity index (χ3v) is 4.48. The molecule has 0 saturated carbocycles. The molecule has 8 heteroatoms. The van der Waals surface area contributed by atoms with E-state index in [-0.39, 0.29) is 12.4 Å². The topological polar surface area (TPSA) is 96.2 Å². The number of carbonyl (C=O) groups excluding carboxylic acids is 2. The highest BCUT2D eigenvalue weighted by molar-refractivity contribution is 5.99. The maximum Gasteiger partial charge on any atom is 0.375 e. The van der Waals surface area contributed by atoms with Gasteiger partial charge in [-0.15, -0.1) is 0 Å². The van der Waals surface area contributed by atoms with Gasteiger partial charge in [0.05, 0.1) is 20.8 Å². The van der Waals surface area contributed by atoms with Crippen molar-refractivity contribution in [2.45, 2.75) is 19.6 Å². The number of hydrogen-bond acceptors (Lipinski definition) is 7. The Kier molecular flexibility index (Phi) is 6.58. The monoisotopic (exact) mass is 413 g/mol. The van der Waals surface area contributed by atoms with Gasteiger partial charge in [0.15, 0.2) is 17.6 Å². The van der Waals surface area contributed by atoms with E-state index < -0.39 is 18.0 Å². The molecule has 0 saturated heterocycles. The van der Waals surface area contributed by atoms with Crippen molar-refractivity contribution in [3.05, 3.63) is 53.8 Å². The molecule has 1 atom stereocenters. The quantitative estimate of drug-likeness (QED) is 0.562. The number of nitrogens with one attached hydrogen (secondary N) is 1. The zero-order valence-corrected chi connectivity index (χ0v) is 17.2. The van der Waals surface area contributed by atoms with Crippen molar-refractivity contribution in [3.63, 3.8) is 0 Å². The van der Waals surface area contributed by atoms with Gasteiger partial charge in [-0.1, -0.05) is 18.2 Å². The Balaban J connectivity index is 1.73. The van der Waals surface area contributed by atoms with Crippen molar-refractivity contribution in [2.75, 3.05) is 26.6 Å². The Hall–Kier alpha value is -3.52. The summed E-state index contributed by atoms with van der Waals surface area (Å²) >= 11 is 0. The molecule has 1 amide bonds. The molecule has 0 radical (unpaired) electrons. The van der Waals surface area contributed by atoms with Gasteiger partial charge in [-0.25, -0.2) is 4.79 Å². The molecule has 0 aliphatic heterocycles. The smallest absolute Gasteiger partial charge is 0.375 e. The largest absolute Gasteiger partial charge is 0.493 e. The standard InChI is InChI=1S/C22H23NO7/c1-13(21(24)23-14-9-10-18(27-3)19(11-14)28-4)29-22(25)20-16(12-26-2)15-7-5-6-8-17(15)30-20/h5-11,13H,12H2,1-4H3,(H,23,24)/t13-/m0/s1. The minimum absolute atomic E-state index is 0.0174. The number of hydrogen-bond donors (Lipinski definition) is 1. The summed E-state index contributed by atoms with van der Waals surface area (Å²) in [6.07, 6.45) is -1.06. The van der Waals surface area contributed by atoms with E-state index in [0.717, 1.165) is 5.39 Å². The van der Waals surface area contributed by atoms with E-state index in [9.17, 15) is 9.59 Å². The van der Waals surface area contributed by atoms with Crippen LogP contribution in [-0.4, -0.2) is 39.3 Å². The molecule has 0 unspecified atom stereocenters. The zero-order chi connectivity index (χ0) is 21.7. The van der Waals surface area contributed by atoms with Gasteiger partial charge in [-0.3, -0.25) is 4.79 Å². The number of fused-ring (bicyclic) bond motifs is 1. The third-order valence-electron chi connectivity index (χ3n) is 4.48. The summed E-state index contributed by atoms with van der Waals surface area (Å²) in [5, 5.41) is 3.44. The summed E-state index contributed by atoms with van der Waals surface area (Å²) in [5.74, 6) is -0.228. The van der Waals surface area contributed by atoms with E-state index in [1.54, 1.807) is 30.3 Å². The van der Waals surface area contributed by atoms with Crippen molar-refractivity contribution in [1.29, 1.82) is 0 Å². The van der Waals surface area contributed by atoms with Crippen LogP contribution in [0.4, 0.5) is 5.69 Å². The fraction of sp³-hybridized carbons (Fsp3) is 0.273. The molecule has 0 fully saturated rings. The van der Waals surface area contributed by atoms with Crippen LogP contribution in [0.5, 0.6) is 11.5 Å². The molecule has 0 aliphatic carbocycles.